The normalized spacial score (nSPS) is 26.4. The van der Waals surface area contributed by atoms with Crippen molar-refractivity contribution in [3.8, 4) is 0 Å². The molecule has 0 spiro atoms. The third-order valence-corrected chi connectivity index (χ3v) is 5.21. The number of rotatable bonds is 7. The monoisotopic (exact) mass is 429 g/mol. The summed E-state index contributed by atoms with van der Waals surface area (Å²) in [5.41, 5.74) is 0. The lowest BCUT2D eigenvalue weighted by atomic mass is 9.93. The fraction of sp³-hybridized carbons (Fsp3) is 0.611. The largest absolute Gasteiger partial charge is 0.463 e. The van der Waals surface area contributed by atoms with Crippen molar-refractivity contribution in [3.05, 3.63) is 16.1 Å². The Morgan fingerprint density at radius 2 is 1.66 bits per heavy atom. The van der Waals surface area contributed by atoms with Gasteiger partial charge in [-0.1, -0.05) is 0 Å². The first-order chi connectivity index (χ1) is 13.6. The minimum Gasteiger partial charge on any atom is -0.463 e. The second-order valence-electron chi connectivity index (χ2n) is 6.53. The van der Waals surface area contributed by atoms with Crippen LogP contribution in [0.25, 0.3) is 0 Å². The standard InChI is InChI=1S/C18H23NO9S/c1-8(20)14-6-19-15(29-14)5-12-17(26-10(3)22)18(27-11(4)23)16(24)13(28-12)7-25-9(2)21/h6,12-13,16-18,24H,5,7H2,1-4H3/t12-,13-,16-,17-,18+/m1/s1. The van der Waals surface area contributed by atoms with Crippen LogP contribution < -0.4 is 0 Å². The lowest BCUT2D eigenvalue weighted by molar-refractivity contribution is -0.246. The van der Waals surface area contributed by atoms with Gasteiger partial charge in [0.25, 0.3) is 0 Å². The van der Waals surface area contributed by atoms with Crippen LogP contribution in [-0.4, -0.2) is 70.9 Å². The van der Waals surface area contributed by atoms with E-state index in [1.54, 1.807) is 0 Å². The Bertz CT molecular complexity index is 777. The highest BCUT2D eigenvalue weighted by atomic mass is 32.1. The van der Waals surface area contributed by atoms with Crippen LogP contribution in [0.4, 0.5) is 0 Å². The molecule has 0 aromatic carbocycles. The van der Waals surface area contributed by atoms with Gasteiger partial charge in [-0.15, -0.1) is 11.3 Å². The molecule has 29 heavy (non-hydrogen) atoms. The number of carbonyl (C=O) groups is 4. The van der Waals surface area contributed by atoms with Crippen molar-refractivity contribution in [2.75, 3.05) is 6.61 Å². The topological polar surface area (TPSA) is 138 Å². The first-order valence-electron chi connectivity index (χ1n) is 8.85. The van der Waals surface area contributed by atoms with Crippen LogP contribution in [0, 0.1) is 0 Å². The molecule has 1 aromatic rings. The molecule has 0 bridgehead atoms. The lowest BCUT2D eigenvalue weighted by Gasteiger charge is -2.43. The maximum absolute atomic E-state index is 11.6. The highest BCUT2D eigenvalue weighted by Crippen LogP contribution is 2.30. The first-order valence-corrected chi connectivity index (χ1v) is 9.67. The SMILES string of the molecule is CC(=O)OC[C@H]1O[C@H](Cc2ncc(C(C)=O)s2)[C@@H](OC(C)=O)[C@@H](OC(C)=O)[C@@H]1O. The zero-order chi connectivity index (χ0) is 21.7. The van der Waals surface area contributed by atoms with Crippen LogP contribution in [-0.2, 0) is 39.8 Å². The number of carbonyl (C=O) groups excluding carboxylic acids is 4. The minimum atomic E-state index is -1.40. The molecule has 2 heterocycles. The van der Waals surface area contributed by atoms with Crippen LogP contribution >= 0.6 is 11.3 Å². The Labute approximate surface area is 171 Å². The molecule has 11 heteroatoms. The molecule has 5 atom stereocenters. The summed E-state index contributed by atoms with van der Waals surface area (Å²) < 4.78 is 21.3. The summed E-state index contributed by atoms with van der Waals surface area (Å²) >= 11 is 1.15. The van der Waals surface area contributed by atoms with Crippen LogP contribution in [0.5, 0.6) is 0 Å². The Balaban J connectivity index is 2.31. The van der Waals surface area contributed by atoms with Crippen LogP contribution in [0.2, 0.25) is 0 Å². The summed E-state index contributed by atoms with van der Waals surface area (Å²) in [5, 5.41) is 11.1. The van der Waals surface area contributed by atoms with Gasteiger partial charge in [-0.25, -0.2) is 4.98 Å². The Kier molecular flexibility index (Phi) is 7.82. The summed E-state index contributed by atoms with van der Waals surface area (Å²) in [6.45, 7) is 4.67. The molecule has 0 unspecified atom stereocenters. The molecule has 1 aliphatic heterocycles. The minimum absolute atomic E-state index is 0.122. The summed E-state index contributed by atoms with van der Waals surface area (Å²) in [5.74, 6) is -2.06. The van der Waals surface area contributed by atoms with E-state index in [4.69, 9.17) is 18.9 Å². The number of hydrogen-bond acceptors (Lipinski definition) is 11. The number of aliphatic hydroxyl groups excluding tert-OH is 1. The van der Waals surface area contributed by atoms with Gasteiger partial charge in [-0.2, -0.15) is 0 Å². The molecule has 160 valence electrons. The smallest absolute Gasteiger partial charge is 0.303 e. The molecule has 10 nitrogen and oxygen atoms in total. The third-order valence-electron chi connectivity index (χ3n) is 4.09. The van der Waals surface area contributed by atoms with Crippen LogP contribution in [0.1, 0.15) is 42.4 Å². The first kappa shape index (κ1) is 22.9. The van der Waals surface area contributed by atoms with E-state index in [2.05, 4.69) is 4.98 Å². The van der Waals surface area contributed by atoms with E-state index in [1.807, 2.05) is 0 Å². The molecule has 0 radical (unpaired) electrons. The molecular weight excluding hydrogens is 406 g/mol. The molecule has 2 rings (SSSR count). The van der Waals surface area contributed by atoms with Gasteiger partial charge in [0.2, 0.25) is 0 Å². The van der Waals surface area contributed by atoms with E-state index in [0.29, 0.717) is 9.88 Å². The van der Waals surface area contributed by atoms with Crippen molar-refractivity contribution in [2.24, 2.45) is 0 Å². The Morgan fingerprint density at radius 3 is 2.17 bits per heavy atom. The fourth-order valence-electron chi connectivity index (χ4n) is 2.90. The second kappa shape index (κ2) is 9.90. The number of aliphatic hydroxyl groups is 1. The van der Waals surface area contributed by atoms with E-state index >= 15 is 0 Å². The van der Waals surface area contributed by atoms with Gasteiger partial charge >= 0.3 is 17.9 Å². The lowest BCUT2D eigenvalue weighted by Crippen LogP contribution is -2.61. The van der Waals surface area contributed by atoms with Crippen LogP contribution in [0.3, 0.4) is 0 Å². The Hall–Kier alpha value is -2.37. The van der Waals surface area contributed by atoms with E-state index in [9.17, 15) is 24.3 Å². The maximum atomic E-state index is 11.6. The van der Waals surface area contributed by atoms with Gasteiger partial charge in [0.05, 0.1) is 9.88 Å². The highest BCUT2D eigenvalue weighted by molar-refractivity contribution is 7.13. The van der Waals surface area contributed by atoms with E-state index in [0.717, 1.165) is 18.3 Å². The summed E-state index contributed by atoms with van der Waals surface area (Å²) in [4.78, 5) is 50.4. The molecule has 0 amide bonds. The number of Topliss-reactive ketones (excluding diaryl/α,β-unsaturated/α-hetero) is 1. The molecular formula is C18H23NO9S. The number of esters is 3. The van der Waals surface area contributed by atoms with E-state index < -0.39 is 48.4 Å². The molecule has 0 saturated carbocycles. The number of ketones is 1. The van der Waals surface area contributed by atoms with Crippen LogP contribution in [0.15, 0.2) is 6.20 Å². The van der Waals surface area contributed by atoms with Gasteiger partial charge in [0, 0.05) is 40.3 Å². The predicted molar refractivity (Wildman–Crippen MR) is 98.2 cm³/mol. The summed E-state index contributed by atoms with van der Waals surface area (Å²) in [7, 11) is 0. The number of ether oxygens (including phenoxy) is 4. The highest BCUT2D eigenvalue weighted by Gasteiger charge is 2.49. The van der Waals surface area contributed by atoms with E-state index in [-0.39, 0.29) is 18.8 Å². The quantitative estimate of drug-likeness (QED) is 0.369. The van der Waals surface area contributed by atoms with Crippen molar-refractivity contribution in [3.63, 3.8) is 0 Å². The van der Waals surface area contributed by atoms with Gasteiger partial charge in [0.15, 0.2) is 18.0 Å². The average Bonchev–Trinajstić information content (AvgIpc) is 3.07. The van der Waals surface area contributed by atoms with Gasteiger partial charge in [-0.3, -0.25) is 19.2 Å². The van der Waals surface area contributed by atoms with Gasteiger partial charge in [-0.05, 0) is 0 Å². The third kappa shape index (κ3) is 6.31. The number of thiazole rings is 1. The zero-order valence-corrected chi connectivity index (χ0v) is 17.3. The van der Waals surface area contributed by atoms with Gasteiger partial charge < -0.3 is 24.1 Å². The van der Waals surface area contributed by atoms with Crippen molar-refractivity contribution < 1.29 is 43.2 Å². The molecule has 1 N–H and O–H groups in total. The predicted octanol–water partition coefficient (Wildman–Crippen LogP) is 0.443. The number of nitrogens with zero attached hydrogens (tertiary/aromatic N) is 1. The van der Waals surface area contributed by atoms with Crippen molar-refractivity contribution in [2.45, 2.75) is 64.6 Å². The maximum Gasteiger partial charge on any atom is 0.303 e. The summed E-state index contributed by atoms with van der Waals surface area (Å²) in [6, 6.07) is 0. The Morgan fingerprint density at radius 1 is 1.03 bits per heavy atom. The molecule has 1 saturated heterocycles. The van der Waals surface area contributed by atoms with Crippen molar-refractivity contribution >= 4 is 35.0 Å². The van der Waals surface area contributed by atoms with E-state index in [1.165, 1.54) is 27.0 Å². The summed E-state index contributed by atoms with van der Waals surface area (Å²) in [6.07, 6.45) is -4.08. The average molecular weight is 429 g/mol. The zero-order valence-electron chi connectivity index (χ0n) is 16.4. The second-order valence-corrected chi connectivity index (χ2v) is 7.65. The molecule has 0 aliphatic carbocycles. The number of hydrogen-bond donors (Lipinski definition) is 1. The number of aromatic nitrogens is 1. The molecule has 1 aromatic heterocycles. The van der Waals surface area contributed by atoms with Crippen molar-refractivity contribution in [1.82, 2.24) is 4.98 Å². The van der Waals surface area contributed by atoms with Crippen molar-refractivity contribution in [1.29, 1.82) is 0 Å². The van der Waals surface area contributed by atoms with Gasteiger partial charge in [0.1, 0.15) is 24.9 Å². The molecule has 1 fully saturated rings. The molecule has 1 aliphatic rings. The fourth-order valence-corrected chi connectivity index (χ4v) is 3.76.